The number of aliphatic hydroxyl groups excluding tert-OH is 1. The summed E-state index contributed by atoms with van der Waals surface area (Å²) < 4.78 is 0. The summed E-state index contributed by atoms with van der Waals surface area (Å²) in [6, 6.07) is 4.40. The summed E-state index contributed by atoms with van der Waals surface area (Å²) in [4.78, 5) is 24.5. The number of aryl methyl sites for hydroxylation is 1. The van der Waals surface area contributed by atoms with E-state index in [9.17, 15) is 20.0 Å². The molecule has 0 radical (unpaired) electrons. The Kier molecular flexibility index (Phi) is 6.90. The van der Waals surface area contributed by atoms with E-state index in [1.54, 1.807) is 13.0 Å². The van der Waals surface area contributed by atoms with Crippen LogP contribution in [0.3, 0.4) is 0 Å². The van der Waals surface area contributed by atoms with E-state index in [1.165, 1.54) is 12.1 Å². The van der Waals surface area contributed by atoms with Gasteiger partial charge in [0.1, 0.15) is 0 Å². The third-order valence-corrected chi connectivity index (χ3v) is 4.83. The normalized spacial score (nSPS) is 20.5. The second-order valence-electron chi connectivity index (χ2n) is 6.93. The van der Waals surface area contributed by atoms with Crippen LogP contribution in [0.4, 0.5) is 11.4 Å². The number of nitro groups is 1. The second-order valence-corrected chi connectivity index (χ2v) is 6.93. The van der Waals surface area contributed by atoms with E-state index in [4.69, 9.17) is 0 Å². The fourth-order valence-corrected chi connectivity index (χ4v) is 3.30. The van der Waals surface area contributed by atoms with Crippen LogP contribution in [-0.2, 0) is 4.79 Å². The molecular formula is C18H27N3O4. The van der Waals surface area contributed by atoms with Crippen LogP contribution in [0.15, 0.2) is 18.2 Å². The van der Waals surface area contributed by atoms with Crippen molar-refractivity contribution in [2.45, 2.75) is 45.1 Å². The number of hydrogen-bond acceptors (Lipinski definition) is 5. The van der Waals surface area contributed by atoms with Gasteiger partial charge in [-0.2, -0.15) is 0 Å². The summed E-state index contributed by atoms with van der Waals surface area (Å²) in [7, 11) is 1.96. The van der Waals surface area contributed by atoms with Gasteiger partial charge in [-0.3, -0.25) is 14.9 Å². The van der Waals surface area contributed by atoms with Crippen molar-refractivity contribution < 1.29 is 14.8 Å². The van der Waals surface area contributed by atoms with Crippen molar-refractivity contribution in [3.05, 3.63) is 33.9 Å². The predicted molar refractivity (Wildman–Crippen MR) is 96.5 cm³/mol. The first-order valence-electron chi connectivity index (χ1n) is 8.78. The summed E-state index contributed by atoms with van der Waals surface area (Å²) in [6.07, 6.45) is 4.29. The topological polar surface area (TPSA) is 95.7 Å². The van der Waals surface area contributed by atoms with Gasteiger partial charge < -0.3 is 15.3 Å². The molecule has 1 fully saturated rings. The monoisotopic (exact) mass is 349 g/mol. The number of amides is 1. The van der Waals surface area contributed by atoms with Gasteiger partial charge in [-0.15, -0.1) is 0 Å². The molecule has 0 aliphatic heterocycles. The van der Waals surface area contributed by atoms with Gasteiger partial charge in [-0.25, -0.2) is 0 Å². The highest BCUT2D eigenvalue weighted by Gasteiger charge is 2.24. The first-order chi connectivity index (χ1) is 11.9. The molecule has 7 heteroatoms. The largest absolute Gasteiger partial charge is 0.393 e. The van der Waals surface area contributed by atoms with Gasteiger partial charge in [0.25, 0.3) is 5.69 Å². The van der Waals surface area contributed by atoms with Crippen LogP contribution in [0, 0.1) is 23.0 Å². The minimum atomic E-state index is -0.451. The molecule has 7 nitrogen and oxygen atoms in total. The molecule has 1 aromatic rings. The van der Waals surface area contributed by atoms with Gasteiger partial charge in [0.15, 0.2) is 0 Å². The number of aliphatic hydroxyl groups is 1. The number of benzene rings is 1. The van der Waals surface area contributed by atoms with E-state index < -0.39 is 4.92 Å². The predicted octanol–water partition coefficient (Wildman–Crippen LogP) is 2.71. The lowest BCUT2D eigenvalue weighted by molar-refractivity contribution is -0.384. The lowest BCUT2D eigenvalue weighted by Crippen LogP contribution is -2.36. The van der Waals surface area contributed by atoms with Crippen molar-refractivity contribution >= 4 is 17.3 Å². The molecule has 1 aromatic carbocycles. The summed E-state index contributed by atoms with van der Waals surface area (Å²) in [5, 5.41) is 23.6. The van der Waals surface area contributed by atoms with E-state index in [-0.39, 0.29) is 17.7 Å². The van der Waals surface area contributed by atoms with Crippen molar-refractivity contribution in [2.24, 2.45) is 5.92 Å². The molecule has 0 saturated heterocycles. The molecular weight excluding hydrogens is 322 g/mol. The smallest absolute Gasteiger partial charge is 0.269 e. The van der Waals surface area contributed by atoms with Gasteiger partial charge in [-0.05, 0) is 44.4 Å². The molecule has 1 aliphatic rings. The van der Waals surface area contributed by atoms with Crippen LogP contribution in [0.2, 0.25) is 0 Å². The maximum Gasteiger partial charge on any atom is 0.269 e. The minimum Gasteiger partial charge on any atom is -0.393 e. The van der Waals surface area contributed by atoms with E-state index in [1.807, 2.05) is 7.05 Å². The zero-order chi connectivity index (χ0) is 18.4. The molecule has 2 rings (SSSR count). The van der Waals surface area contributed by atoms with Crippen LogP contribution in [0.5, 0.6) is 0 Å². The summed E-state index contributed by atoms with van der Waals surface area (Å²) >= 11 is 0. The SMILES string of the molecule is Cc1cc([N+](=O)[O-])ccc1NC(=O)CCN(C)CC1CCCCC1O. The van der Waals surface area contributed by atoms with Gasteiger partial charge in [-0.1, -0.05) is 12.8 Å². The van der Waals surface area contributed by atoms with Crippen molar-refractivity contribution in [1.82, 2.24) is 4.90 Å². The molecule has 1 saturated carbocycles. The number of carbonyl (C=O) groups excluding carboxylic acids is 1. The number of nitrogens with one attached hydrogen (secondary N) is 1. The number of hydrogen-bond donors (Lipinski definition) is 2. The average molecular weight is 349 g/mol. The van der Waals surface area contributed by atoms with Gasteiger partial charge >= 0.3 is 0 Å². The summed E-state index contributed by atoms with van der Waals surface area (Å²) in [5.74, 6) is 0.173. The Labute approximate surface area is 148 Å². The molecule has 1 aliphatic carbocycles. The van der Waals surface area contributed by atoms with Crippen molar-refractivity contribution in [2.75, 3.05) is 25.5 Å². The highest BCUT2D eigenvalue weighted by molar-refractivity contribution is 5.91. The number of rotatable bonds is 7. The number of anilines is 1. The average Bonchev–Trinajstić information content (AvgIpc) is 2.57. The molecule has 0 aromatic heterocycles. The molecule has 1 amide bonds. The Bertz CT molecular complexity index is 620. The van der Waals surface area contributed by atoms with Crippen molar-refractivity contribution in [3.63, 3.8) is 0 Å². The van der Waals surface area contributed by atoms with Crippen molar-refractivity contribution in [3.8, 4) is 0 Å². The third-order valence-electron chi connectivity index (χ3n) is 4.83. The fraction of sp³-hybridized carbons (Fsp3) is 0.611. The van der Waals surface area contributed by atoms with Crippen LogP contribution in [0.25, 0.3) is 0 Å². The fourth-order valence-electron chi connectivity index (χ4n) is 3.30. The van der Waals surface area contributed by atoms with Crippen LogP contribution < -0.4 is 5.32 Å². The molecule has 0 spiro atoms. The molecule has 25 heavy (non-hydrogen) atoms. The number of non-ortho nitro benzene ring substituents is 1. The zero-order valence-electron chi connectivity index (χ0n) is 14.9. The maximum atomic E-state index is 12.1. The van der Waals surface area contributed by atoms with Crippen LogP contribution >= 0.6 is 0 Å². The number of nitrogens with zero attached hydrogens (tertiary/aromatic N) is 2. The summed E-state index contributed by atoms with van der Waals surface area (Å²) in [5.41, 5.74) is 1.28. The molecule has 138 valence electrons. The quantitative estimate of drug-likeness (QED) is 0.583. The molecule has 0 bridgehead atoms. The zero-order valence-corrected chi connectivity index (χ0v) is 14.9. The first-order valence-corrected chi connectivity index (χ1v) is 8.78. The number of carbonyl (C=O) groups is 1. The lowest BCUT2D eigenvalue weighted by atomic mass is 9.86. The molecule has 2 unspecified atom stereocenters. The standard InChI is InChI=1S/C18H27N3O4/c1-13-11-15(21(24)25)7-8-16(13)19-18(23)9-10-20(2)12-14-5-3-4-6-17(14)22/h7-8,11,14,17,22H,3-6,9-10,12H2,1-2H3,(H,19,23). The summed E-state index contributed by atoms with van der Waals surface area (Å²) in [6.45, 7) is 3.14. The van der Waals surface area contributed by atoms with Gasteiger partial charge in [0.05, 0.1) is 11.0 Å². The van der Waals surface area contributed by atoms with Crippen LogP contribution in [-0.4, -0.2) is 47.1 Å². The van der Waals surface area contributed by atoms with Crippen LogP contribution in [0.1, 0.15) is 37.7 Å². The first kappa shape index (κ1) is 19.3. The lowest BCUT2D eigenvalue weighted by Gasteiger charge is -2.31. The van der Waals surface area contributed by atoms with E-state index in [0.717, 1.165) is 32.2 Å². The van der Waals surface area contributed by atoms with E-state index in [0.29, 0.717) is 30.1 Å². The Balaban J connectivity index is 1.79. The Morgan fingerprint density at radius 2 is 2.12 bits per heavy atom. The maximum absolute atomic E-state index is 12.1. The Morgan fingerprint density at radius 1 is 1.40 bits per heavy atom. The van der Waals surface area contributed by atoms with E-state index >= 15 is 0 Å². The van der Waals surface area contributed by atoms with Gasteiger partial charge in [0.2, 0.25) is 5.91 Å². The Hall–Kier alpha value is -1.99. The number of nitro benzene ring substituents is 1. The van der Waals surface area contributed by atoms with Crippen molar-refractivity contribution in [1.29, 1.82) is 0 Å². The highest BCUT2D eigenvalue weighted by Crippen LogP contribution is 2.25. The third kappa shape index (κ3) is 5.79. The highest BCUT2D eigenvalue weighted by atomic mass is 16.6. The second kappa shape index (κ2) is 8.92. The Morgan fingerprint density at radius 3 is 2.76 bits per heavy atom. The van der Waals surface area contributed by atoms with E-state index in [2.05, 4.69) is 10.2 Å². The molecule has 2 atom stereocenters. The minimum absolute atomic E-state index is 0.0151. The molecule has 0 heterocycles. The van der Waals surface area contributed by atoms with Gasteiger partial charge in [0, 0.05) is 37.3 Å². The molecule has 2 N–H and O–H groups in total.